The van der Waals surface area contributed by atoms with E-state index in [9.17, 15) is 4.79 Å². The highest BCUT2D eigenvalue weighted by molar-refractivity contribution is 5.87. The van der Waals surface area contributed by atoms with Crippen molar-refractivity contribution in [2.75, 3.05) is 6.61 Å². The predicted octanol–water partition coefficient (Wildman–Crippen LogP) is 5.25. The first-order valence-corrected chi connectivity index (χ1v) is 8.67. The Balaban J connectivity index is 2.55. The molecular formula is C20H30O3. The van der Waals surface area contributed by atoms with Crippen molar-refractivity contribution in [3.8, 4) is 5.75 Å². The molecule has 0 fully saturated rings. The van der Waals surface area contributed by atoms with Gasteiger partial charge in [0.1, 0.15) is 5.75 Å². The summed E-state index contributed by atoms with van der Waals surface area (Å²) in [7, 11) is 0. The molecule has 0 saturated heterocycles. The van der Waals surface area contributed by atoms with Gasteiger partial charge < -0.3 is 9.47 Å². The van der Waals surface area contributed by atoms with Crippen LogP contribution in [-0.2, 0) is 9.53 Å². The highest BCUT2D eigenvalue weighted by Gasteiger charge is 2.09. The van der Waals surface area contributed by atoms with E-state index in [1.165, 1.54) is 18.9 Å². The number of carbonyl (C=O) groups is 1. The molecule has 3 heteroatoms. The number of hydrogen-bond donors (Lipinski definition) is 0. The summed E-state index contributed by atoms with van der Waals surface area (Å²) >= 11 is 0. The summed E-state index contributed by atoms with van der Waals surface area (Å²) in [6.45, 7) is 8.79. The standard InChI is InChI=1S/C20H30O3/c1-5-7-10-17(6-2)15-22-20(21)14-13-18-11-8-9-12-19(18)23-16(3)4/h8-9,11-14,16-17H,5-7,10,15H2,1-4H3/b14-13+. The molecular weight excluding hydrogens is 288 g/mol. The predicted molar refractivity (Wildman–Crippen MR) is 95.5 cm³/mol. The van der Waals surface area contributed by atoms with Gasteiger partial charge in [0.05, 0.1) is 12.7 Å². The first-order chi connectivity index (χ1) is 11.1. The fraction of sp³-hybridized carbons (Fsp3) is 0.550. The second kappa shape index (κ2) is 10.9. The summed E-state index contributed by atoms with van der Waals surface area (Å²) in [6.07, 6.45) is 7.86. The third-order valence-corrected chi connectivity index (χ3v) is 3.69. The van der Waals surface area contributed by atoms with E-state index in [2.05, 4.69) is 13.8 Å². The molecule has 0 N–H and O–H groups in total. The van der Waals surface area contributed by atoms with Crippen molar-refractivity contribution in [1.29, 1.82) is 0 Å². The van der Waals surface area contributed by atoms with Gasteiger partial charge in [-0.05, 0) is 38.3 Å². The molecule has 1 atom stereocenters. The van der Waals surface area contributed by atoms with Gasteiger partial charge in [-0.25, -0.2) is 4.79 Å². The lowest BCUT2D eigenvalue weighted by atomic mass is 10.0. The van der Waals surface area contributed by atoms with Crippen molar-refractivity contribution in [3.63, 3.8) is 0 Å². The lowest BCUT2D eigenvalue weighted by Gasteiger charge is -2.14. The van der Waals surface area contributed by atoms with Gasteiger partial charge in [0, 0.05) is 11.6 Å². The van der Waals surface area contributed by atoms with Gasteiger partial charge in [0.2, 0.25) is 0 Å². The van der Waals surface area contributed by atoms with Crippen LogP contribution in [0.25, 0.3) is 6.08 Å². The van der Waals surface area contributed by atoms with Crippen LogP contribution in [0.2, 0.25) is 0 Å². The zero-order valence-corrected chi connectivity index (χ0v) is 14.9. The molecule has 0 radical (unpaired) electrons. The minimum Gasteiger partial charge on any atom is -0.490 e. The molecule has 0 saturated carbocycles. The molecule has 1 rings (SSSR count). The van der Waals surface area contributed by atoms with E-state index in [-0.39, 0.29) is 12.1 Å². The minimum atomic E-state index is -0.292. The number of ether oxygens (including phenoxy) is 2. The van der Waals surface area contributed by atoms with Crippen molar-refractivity contribution in [2.24, 2.45) is 5.92 Å². The number of rotatable bonds is 10. The maximum atomic E-state index is 11.9. The average Bonchev–Trinajstić information content (AvgIpc) is 2.53. The molecule has 3 nitrogen and oxygen atoms in total. The van der Waals surface area contributed by atoms with Gasteiger partial charge in [-0.15, -0.1) is 0 Å². The molecule has 0 aromatic heterocycles. The Kier molecular flexibility index (Phi) is 9.11. The average molecular weight is 318 g/mol. The Bertz CT molecular complexity index is 491. The van der Waals surface area contributed by atoms with Crippen LogP contribution in [0.1, 0.15) is 58.9 Å². The molecule has 0 spiro atoms. The Morgan fingerprint density at radius 3 is 2.61 bits per heavy atom. The molecule has 0 aliphatic heterocycles. The SMILES string of the molecule is CCCCC(CC)COC(=O)/C=C/c1ccccc1OC(C)C. The molecule has 1 aromatic carbocycles. The molecule has 0 heterocycles. The van der Waals surface area contributed by atoms with Crippen LogP contribution in [0.5, 0.6) is 5.75 Å². The fourth-order valence-corrected chi connectivity index (χ4v) is 2.28. The summed E-state index contributed by atoms with van der Waals surface area (Å²) in [5.41, 5.74) is 0.885. The monoisotopic (exact) mass is 318 g/mol. The quantitative estimate of drug-likeness (QED) is 0.437. The second-order valence-corrected chi connectivity index (χ2v) is 6.08. The Morgan fingerprint density at radius 2 is 1.96 bits per heavy atom. The molecule has 23 heavy (non-hydrogen) atoms. The zero-order valence-electron chi connectivity index (χ0n) is 14.9. The van der Waals surface area contributed by atoms with Gasteiger partial charge in [-0.3, -0.25) is 0 Å². The number of para-hydroxylation sites is 1. The Morgan fingerprint density at radius 1 is 1.22 bits per heavy atom. The van der Waals surface area contributed by atoms with E-state index in [1.807, 2.05) is 38.1 Å². The second-order valence-electron chi connectivity index (χ2n) is 6.08. The molecule has 1 unspecified atom stereocenters. The first-order valence-electron chi connectivity index (χ1n) is 8.67. The van der Waals surface area contributed by atoms with Crippen molar-refractivity contribution >= 4 is 12.0 Å². The largest absolute Gasteiger partial charge is 0.490 e. The summed E-state index contributed by atoms with van der Waals surface area (Å²) in [5, 5.41) is 0. The van der Waals surface area contributed by atoms with Crippen LogP contribution in [0.15, 0.2) is 30.3 Å². The number of esters is 1. The third kappa shape index (κ3) is 7.87. The van der Waals surface area contributed by atoms with Gasteiger partial charge in [-0.2, -0.15) is 0 Å². The lowest BCUT2D eigenvalue weighted by Crippen LogP contribution is -2.12. The Labute approximate surface area is 140 Å². The van der Waals surface area contributed by atoms with Crippen molar-refractivity contribution in [2.45, 2.75) is 59.5 Å². The van der Waals surface area contributed by atoms with Crippen LogP contribution in [-0.4, -0.2) is 18.7 Å². The number of carbonyl (C=O) groups excluding carboxylic acids is 1. The maximum Gasteiger partial charge on any atom is 0.330 e. The van der Waals surface area contributed by atoms with Gasteiger partial charge in [-0.1, -0.05) is 51.3 Å². The smallest absolute Gasteiger partial charge is 0.330 e. The molecule has 128 valence electrons. The normalized spacial score (nSPS) is 12.6. The Hall–Kier alpha value is -1.77. The summed E-state index contributed by atoms with van der Waals surface area (Å²) in [4.78, 5) is 11.9. The van der Waals surface area contributed by atoms with E-state index in [0.717, 1.165) is 24.2 Å². The molecule has 1 aromatic rings. The van der Waals surface area contributed by atoms with Crippen LogP contribution < -0.4 is 4.74 Å². The molecule has 0 bridgehead atoms. The van der Waals surface area contributed by atoms with E-state index < -0.39 is 0 Å². The minimum absolute atomic E-state index is 0.0976. The van der Waals surface area contributed by atoms with Crippen molar-refractivity contribution in [1.82, 2.24) is 0 Å². The highest BCUT2D eigenvalue weighted by Crippen LogP contribution is 2.21. The maximum absolute atomic E-state index is 11.9. The molecule has 0 amide bonds. The first kappa shape index (κ1) is 19.3. The summed E-state index contributed by atoms with van der Waals surface area (Å²) in [5.74, 6) is 0.948. The number of benzene rings is 1. The molecule has 0 aliphatic rings. The lowest BCUT2D eigenvalue weighted by molar-refractivity contribution is -0.139. The van der Waals surface area contributed by atoms with E-state index in [1.54, 1.807) is 6.08 Å². The van der Waals surface area contributed by atoms with E-state index >= 15 is 0 Å². The van der Waals surface area contributed by atoms with E-state index in [0.29, 0.717) is 12.5 Å². The zero-order chi connectivity index (χ0) is 17.1. The van der Waals surface area contributed by atoms with Crippen molar-refractivity contribution < 1.29 is 14.3 Å². The highest BCUT2D eigenvalue weighted by atomic mass is 16.5. The van der Waals surface area contributed by atoms with E-state index in [4.69, 9.17) is 9.47 Å². The number of hydrogen-bond acceptors (Lipinski definition) is 3. The topological polar surface area (TPSA) is 35.5 Å². The number of unbranched alkanes of at least 4 members (excludes halogenated alkanes) is 1. The van der Waals surface area contributed by atoms with Crippen LogP contribution in [0, 0.1) is 5.92 Å². The van der Waals surface area contributed by atoms with Gasteiger partial charge in [0.25, 0.3) is 0 Å². The summed E-state index contributed by atoms with van der Waals surface area (Å²) < 4.78 is 11.1. The molecule has 0 aliphatic carbocycles. The fourth-order valence-electron chi connectivity index (χ4n) is 2.28. The van der Waals surface area contributed by atoms with Crippen LogP contribution >= 0.6 is 0 Å². The third-order valence-electron chi connectivity index (χ3n) is 3.69. The summed E-state index contributed by atoms with van der Waals surface area (Å²) in [6, 6.07) is 7.68. The van der Waals surface area contributed by atoms with Crippen LogP contribution in [0.3, 0.4) is 0 Å². The van der Waals surface area contributed by atoms with Crippen molar-refractivity contribution in [3.05, 3.63) is 35.9 Å². The van der Waals surface area contributed by atoms with Crippen LogP contribution in [0.4, 0.5) is 0 Å². The van der Waals surface area contributed by atoms with Gasteiger partial charge in [0.15, 0.2) is 0 Å². The van der Waals surface area contributed by atoms with Gasteiger partial charge >= 0.3 is 5.97 Å².